The van der Waals surface area contributed by atoms with Crippen LogP contribution in [0.15, 0.2) is 36.4 Å². The molecule has 19 heavy (non-hydrogen) atoms. The molecule has 0 amide bonds. The second-order valence-corrected chi connectivity index (χ2v) is 7.59. The van der Waals surface area contributed by atoms with Gasteiger partial charge in [-0.1, -0.05) is 41.4 Å². The van der Waals surface area contributed by atoms with Crippen LogP contribution in [0, 0.1) is 0 Å². The summed E-state index contributed by atoms with van der Waals surface area (Å²) in [6, 6.07) is 12.6. The molecule has 1 N–H and O–H groups in total. The van der Waals surface area contributed by atoms with Gasteiger partial charge in [0, 0.05) is 15.1 Å². The molecule has 1 aromatic carbocycles. The van der Waals surface area contributed by atoms with Crippen molar-refractivity contribution in [3.05, 3.63) is 55.5 Å². The third-order valence-corrected chi connectivity index (χ3v) is 5.71. The van der Waals surface area contributed by atoms with Gasteiger partial charge in [-0.15, -0.1) is 22.7 Å². The van der Waals surface area contributed by atoms with Crippen LogP contribution in [0.25, 0.3) is 10.1 Å². The zero-order valence-electron chi connectivity index (χ0n) is 10.1. The molecule has 2 aromatic heterocycles. The zero-order chi connectivity index (χ0) is 13.4. The summed E-state index contributed by atoms with van der Waals surface area (Å²) >= 11 is 15.5. The van der Waals surface area contributed by atoms with E-state index in [1.165, 1.54) is 26.3 Å². The first-order chi connectivity index (χ1) is 9.19. The normalized spacial score (nSPS) is 13.0. The van der Waals surface area contributed by atoms with Crippen molar-refractivity contribution in [2.75, 3.05) is 7.05 Å². The molecular formula is C14H11Cl2NS2. The number of rotatable bonds is 3. The molecule has 0 saturated carbocycles. The van der Waals surface area contributed by atoms with E-state index in [-0.39, 0.29) is 6.04 Å². The standard InChI is InChI=1S/C14H11Cl2NS2/c1-17-13(9-7-12(15)19-14(9)16)11-6-8-4-2-3-5-10(8)18-11/h2-7,13,17H,1H3. The Morgan fingerprint density at radius 3 is 2.53 bits per heavy atom. The molecule has 1 unspecified atom stereocenters. The lowest BCUT2D eigenvalue weighted by Crippen LogP contribution is -2.15. The smallest absolute Gasteiger partial charge is 0.0995 e. The van der Waals surface area contributed by atoms with Crippen LogP contribution in [0.2, 0.25) is 8.67 Å². The number of fused-ring (bicyclic) bond motifs is 1. The van der Waals surface area contributed by atoms with Crippen molar-refractivity contribution in [1.29, 1.82) is 0 Å². The van der Waals surface area contributed by atoms with Crippen molar-refractivity contribution < 1.29 is 0 Å². The first-order valence-electron chi connectivity index (χ1n) is 5.79. The van der Waals surface area contributed by atoms with Crippen molar-refractivity contribution in [3.8, 4) is 0 Å². The van der Waals surface area contributed by atoms with Crippen LogP contribution in [0.3, 0.4) is 0 Å². The molecule has 0 fully saturated rings. The second kappa shape index (κ2) is 5.43. The van der Waals surface area contributed by atoms with Crippen molar-refractivity contribution in [2.24, 2.45) is 0 Å². The molecular weight excluding hydrogens is 317 g/mol. The van der Waals surface area contributed by atoms with Crippen LogP contribution < -0.4 is 5.32 Å². The van der Waals surface area contributed by atoms with Crippen LogP contribution in [-0.4, -0.2) is 7.05 Å². The van der Waals surface area contributed by atoms with Gasteiger partial charge in [-0.3, -0.25) is 0 Å². The van der Waals surface area contributed by atoms with E-state index in [1.54, 1.807) is 11.3 Å². The highest BCUT2D eigenvalue weighted by Gasteiger charge is 2.19. The lowest BCUT2D eigenvalue weighted by molar-refractivity contribution is 0.707. The molecule has 98 valence electrons. The SMILES string of the molecule is CNC(c1cc2ccccc2s1)c1cc(Cl)sc1Cl. The van der Waals surface area contributed by atoms with Gasteiger partial charge in [0.25, 0.3) is 0 Å². The van der Waals surface area contributed by atoms with E-state index in [9.17, 15) is 0 Å². The molecule has 2 heterocycles. The lowest BCUT2D eigenvalue weighted by Gasteiger charge is -2.13. The fourth-order valence-electron chi connectivity index (χ4n) is 2.15. The van der Waals surface area contributed by atoms with Gasteiger partial charge in [-0.25, -0.2) is 0 Å². The number of nitrogens with one attached hydrogen (secondary N) is 1. The quantitative estimate of drug-likeness (QED) is 0.662. The zero-order valence-corrected chi connectivity index (χ0v) is 13.3. The van der Waals surface area contributed by atoms with Crippen LogP contribution in [-0.2, 0) is 0 Å². The monoisotopic (exact) mass is 327 g/mol. The van der Waals surface area contributed by atoms with E-state index in [0.29, 0.717) is 0 Å². The molecule has 3 aromatic rings. The second-order valence-electron chi connectivity index (χ2n) is 4.19. The molecule has 0 spiro atoms. The van der Waals surface area contributed by atoms with Crippen LogP contribution in [0.4, 0.5) is 0 Å². The van der Waals surface area contributed by atoms with E-state index in [1.807, 2.05) is 13.1 Å². The summed E-state index contributed by atoms with van der Waals surface area (Å²) in [7, 11) is 1.94. The summed E-state index contributed by atoms with van der Waals surface area (Å²) in [5.41, 5.74) is 1.05. The summed E-state index contributed by atoms with van der Waals surface area (Å²) < 4.78 is 2.76. The van der Waals surface area contributed by atoms with Gasteiger partial charge < -0.3 is 5.32 Å². The summed E-state index contributed by atoms with van der Waals surface area (Å²) in [4.78, 5) is 1.25. The van der Waals surface area contributed by atoms with Crippen LogP contribution >= 0.6 is 45.9 Å². The van der Waals surface area contributed by atoms with E-state index in [4.69, 9.17) is 23.2 Å². The summed E-state index contributed by atoms with van der Waals surface area (Å²) in [5.74, 6) is 0. The highest BCUT2D eigenvalue weighted by atomic mass is 35.5. The Morgan fingerprint density at radius 2 is 1.89 bits per heavy atom. The van der Waals surface area contributed by atoms with E-state index in [0.717, 1.165) is 14.2 Å². The Kier molecular flexibility index (Phi) is 3.83. The molecule has 1 atom stereocenters. The largest absolute Gasteiger partial charge is 0.309 e. The summed E-state index contributed by atoms with van der Waals surface area (Å²) in [6.45, 7) is 0. The molecule has 0 aliphatic carbocycles. The number of hydrogen-bond acceptors (Lipinski definition) is 3. The minimum absolute atomic E-state index is 0.0913. The maximum absolute atomic E-state index is 6.27. The number of thiophene rings is 2. The fourth-order valence-corrected chi connectivity index (χ4v) is 4.87. The Labute approximate surface area is 129 Å². The van der Waals surface area contributed by atoms with Crippen molar-refractivity contribution in [3.63, 3.8) is 0 Å². The topological polar surface area (TPSA) is 12.0 Å². The highest BCUT2D eigenvalue weighted by Crippen LogP contribution is 2.40. The summed E-state index contributed by atoms with van der Waals surface area (Å²) in [6.07, 6.45) is 0. The maximum atomic E-state index is 6.27. The first kappa shape index (κ1) is 13.4. The predicted molar refractivity (Wildman–Crippen MR) is 87.1 cm³/mol. The van der Waals surface area contributed by atoms with Gasteiger partial charge in [0.15, 0.2) is 0 Å². The average Bonchev–Trinajstić information content (AvgIpc) is 2.94. The molecule has 0 aliphatic heterocycles. The number of halogens is 2. The van der Waals surface area contributed by atoms with Gasteiger partial charge in [-0.05, 0) is 30.6 Å². The third-order valence-electron chi connectivity index (χ3n) is 3.01. The van der Waals surface area contributed by atoms with E-state index >= 15 is 0 Å². The van der Waals surface area contributed by atoms with Gasteiger partial charge in [0.2, 0.25) is 0 Å². The molecule has 1 nitrogen and oxygen atoms in total. The highest BCUT2D eigenvalue weighted by molar-refractivity contribution is 7.20. The molecule has 0 radical (unpaired) electrons. The molecule has 0 bridgehead atoms. The minimum Gasteiger partial charge on any atom is -0.309 e. The summed E-state index contributed by atoms with van der Waals surface area (Å²) in [5, 5.41) is 4.59. The Bertz CT molecular complexity index is 684. The molecule has 3 rings (SSSR count). The van der Waals surface area contributed by atoms with Crippen molar-refractivity contribution >= 4 is 56.0 Å². The maximum Gasteiger partial charge on any atom is 0.0995 e. The van der Waals surface area contributed by atoms with Gasteiger partial charge in [-0.2, -0.15) is 0 Å². The molecule has 0 saturated heterocycles. The Hall–Kier alpha value is -0.580. The van der Waals surface area contributed by atoms with E-state index in [2.05, 4.69) is 35.6 Å². The fraction of sp³-hybridized carbons (Fsp3) is 0.143. The first-order valence-corrected chi connectivity index (χ1v) is 8.18. The lowest BCUT2D eigenvalue weighted by atomic mass is 10.1. The van der Waals surface area contributed by atoms with Gasteiger partial charge in [0.05, 0.1) is 14.7 Å². The number of hydrogen-bond donors (Lipinski definition) is 1. The van der Waals surface area contributed by atoms with Gasteiger partial charge >= 0.3 is 0 Å². The van der Waals surface area contributed by atoms with Crippen molar-refractivity contribution in [2.45, 2.75) is 6.04 Å². The van der Waals surface area contributed by atoms with E-state index < -0.39 is 0 Å². The Balaban J connectivity index is 2.09. The molecule has 0 aliphatic rings. The minimum atomic E-state index is 0.0913. The third kappa shape index (κ3) is 2.54. The van der Waals surface area contributed by atoms with Crippen molar-refractivity contribution in [1.82, 2.24) is 5.32 Å². The molecule has 5 heteroatoms. The Morgan fingerprint density at radius 1 is 1.11 bits per heavy atom. The average molecular weight is 328 g/mol. The predicted octanol–water partition coefficient (Wildman–Crippen LogP) is 5.58. The van der Waals surface area contributed by atoms with Gasteiger partial charge in [0.1, 0.15) is 0 Å². The van der Waals surface area contributed by atoms with Crippen LogP contribution in [0.5, 0.6) is 0 Å². The van der Waals surface area contributed by atoms with Crippen LogP contribution in [0.1, 0.15) is 16.5 Å². The number of benzene rings is 1.